The van der Waals surface area contributed by atoms with E-state index in [1.165, 1.54) is 16.4 Å². The van der Waals surface area contributed by atoms with Gasteiger partial charge in [0, 0.05) is 24.0 Å². The number of rotatable bonds is 2. The standard InChI is InChI=1S/C13H17ClN2O3S/c14-9-2-3-11(15)13(5-9)20(18,19)16-6-8-1-4-12(17)10(8)7-16/h2-3,5,8,10,12,17H,1,4,6-7,15H2. The first-order valence-corrected chi connectivity index (χ1v) is 8.44. The number of fused-ring (bicyclic) bond motifs is 1. The number of benzene rings is 1. The second-order valence-corrected chi connectivity index (χ2v) is 7.92. The minimum atomic E-state index is -3.64. The molecule has 1 heterocycles. The lowest BCUT2D eigenvalue weighted by atomic mass is 10.00. The van der Waals surface area contributed by atoms with Gasteiger partial charge in [-0.25, -0.2) is 8.42 Å². The van der Waals surface area contributed by atoms with E-state index in [4.69, 9.17) is 17.3 Å². The van der Waals surface area contributed by atoms with Crippen LogP contribution in [0.3, 0.4) is 0 Å². The summed E-state index contributed by atoms with van der Waals surface area (Å²) < 4.78 is 26.7. The SMILES string of the molecule is Nc1ccc(Cl)cc1S(=O)(=O)N1CC2CCC(O)C2C1. The van der Waals surface area contributed by atoms with Crippen molar-refractivity contribution in [2.45, 2.75) is 23.8 Å². The quantitative estimate of drug-likeness (QED) is 0.806. The highest BCUT2D eigenvalue weighted by Crippen LogP contribution is 2.40. The summed E-state index contributed by atoms with van der Waals surface area (Å²) in [7, 11) is -3.64. The molecule has 1 aliphatic carbocycles. The maximum Gasteiger partial charge on any atom is 0.245 e. The van der Waals surface area contributed by atoms with Crippen LogP contribution in [0.25, 0.3) is 0 Å². The van der Waals surface area contributed by atoms with Gasteiger partial charge in [-0.2, -0.15) is 4.31 Å². The molecule has 1 saturated carbocycles. The number of nitrogens with two attached hydrogens (primary N) is 1. The van der Waals surface area contributed by atoms with Crippen molar-refractivity contribution in [3.8, 4) is 0 Å². The lowest BCUT2D eigenvalue weighted by Gasteiger charge is -2.19. The zero-order chi connectivity index (χ0) is 14.5. The molecular weight excluding hydrogens is 300 g/mol. The molecule has 5 nitrogen and oxygen atoms in total. The van der Waals surface area contributed by atoms with Gasteiger partial charge in [-0.3, -0.25) is 0 Å². The van der Waals surface area contributed by atoms with Crippen LogP contribution in [0.15, 0.2) is 23.1 Å². The predicted molar refractivity (Wildman–Crippen MR) is 76.8 cm³/mol. The van der Waals surface area contributed by atoms with Crippen LogP contribution < -0.4 is 5.73 Å². The van der Waals surface area contributed by atoms with E-state index in [1.54, 1.807) is 6.07 Å². The summed E-state index contributed by atoms with van der Waals surface area (Å²) in [4.78, 5) is 0.0551. The van der Waals surface area contributed by atoms with Gasteiger partial charge in [-0.1, -0.05) is 11.6 Å². The van der Waals surface area contributed by atoms with Crippen LogP contribution in [-0.2, 0) is 10.0 Å². The summed E-state index contributed by atoms with van der Waals surface area (Å²) >= 11 is 5.87. The molecule has 0 amide bonds. The Hall–Kier alpha value is -0.820. The lowest BCUT2D eigenvalue weighted by molar-refractivity contribution is 0.129. The number of sulfonamides is 1. The van der Waals surface area contributed by atoms with Crippen molar-refractivity contribution in [2.24, 2.45) is 11.8 Å². The highest BCUT2D eigenvalue weighted by atomic mass is 35.5. The van der Waals surface area contributed by atoms with Crippen LogP contribution in [0, 0.1) is 11.8 Å². The van der Waals surface area contributed by atoms with Crippen molar-refractivity contribution in [2.75, 3.05) is 18.8 Å². The summed E-state index contributed by atoms with van der Waals surface area (Å²) in [5, 5.41) is 10.2. The van der Waals surface area contributed by atoms with Crippen LogP contribution >= 0.6 is 11.6 Å². The average Bonchev–Trinajstić information content (AvgIpc) is 2.95. The maximum atomic E-state index is 12.7. The molecule has 3 unspecified atom stereocenters. The Bertz CT molecular complexity index is 635. The van der Waals surface area contributed by atoms with Crippen LogP contribution in [0.5, 0.6) is 0 Å². The van der Waals surface area contributed by atoms with Gasteiger partial charge in [-0.15, -0.1) is 0 Å². The fourth-order valence-corrected chi connectivity index (χ4v) is 5.18. The van der Waals surface area contributed by atoms with Gasteiger partial charge in [0.05, 0.1) is 11.8 Å². The summed E-state index contributed by atoms with van der Waals surface area (Å²) in [5.74, 6) is 0.297. The largest absolute Gasteiger partial charge is 0.398 e. The van der Waals surface area contributed by atoms with Gasteiger partial charge in [0.1, 0.15) is 4.90 Å². The molecule has 1 aromatic rings. The van der Waals surface area contributed by atoms with E-state index in [0.717, 1.165) is 12.8 Å². The number of hydrogen-bond acceptors (Lipinski definition) is 4. The topological polar surface area (TPSA) is 83.6 Å². The minimum Gasteiger partial charge on any atom is -0.398 e. The van der Waals surface area contributed by atoms with E-state index in [9.17, 15) is 13.5 Å². The second kappa shape index (κ2) is 4.87. The van der Waals surface area contributed by atoms with Crippen LogP contribution in [0.4, 0.5) is 5.69 Å². The molecule has 0 radical (unpaired) electrons. The molecular formula is C13H17ClN2O3S. The van der Waals surface area contributed by atoms with Crippen molar-refractivity contribution < 1.29 is 13.5 Å². The second-order valence-electron chi connectivity index (χ2n) is 5.57. The number of nitrogen functional groups attached to an aromatic ring is 1. The summed E-state index contributed by atoms with van der Waals surface area (Å²) in [6.07, 6.45) is 1.25. The molecule has 3 atom stereocenters. The molecule has 0 spiro atoms. The number of aliphatic hydroxyl groups is 1. The molecule has 0 aromatic heterocycles. The van der Waals surface area contributed by atoms with Gasteiger partial charge in [0.25, 0.3) is 0 Å². The third kappa shape index (κ3) is 2.20. The Morgan fingerprint density at radius 1 is 1.30 bits per heavy atom. The number of anilines is 1. The molecule has 7 heteroatoms. The van der Waals surface area contributed by atoms with Crippen molar-refractivity contribution >= 4 is 27.3 Å². The summed E-state index contributed by atoms with van der Waals surface area (Å²) in [6, 6.07) is 4.45. The highest BCUT2D eigenvalue weighted by molar-refractivity contribution is 7.89. The highest BCUT2D eigenvalue weighted by Gasteiger charge is 2.46. The Morgan fingerprint density at radius 2 is 2.05 bits per heavy atom. The van der Waals surface area contributed by atoms with Crippen molar-refractivity contribution in [1.82, 2.24) is 4.31 Å². The first kappa shape index (κ1) is 14.1. The third-order valence-corrected chi connectivity index (χ3v) is 6.50. The third-order valence-electron chi connectivity index (χ3n) is 4.38. The molecule has 2 aliphatic rings. The van der Waals surface area contributed by atoms with Gasteiger partial charge >= 0.3 is 0 Å². The first-order valence-electron chi connectivity index (χ1n) is 6.63. The van der Waals surface area contributed by atoms with E-state index < -0.39 is 16.1 Å². The molecule has 1 saturated heterocycles. The number of hydrogen-bond donors (Lipinski definition) is 2. The van der Waals surface area contributed by atoms with Gasteiger partial charge < -0.3 is 10.8 Å². The fraction of sp³-hybridized carbons (Fsp3) is 0.538. The van der Waals surface area contributed by atoms with Crippen molar-refractivity contribution in [3.63, 3.8) is 0 Å². The van der Waals surface area contributed by atoms with E-state index >= 15 is 0 Å². The molecule has 1 aliphatic heterocycles. The molecule has 2 fully saturated rings. The number of aliphatic hydroxyl groups excluding tert-OH is 1. The van der Waals surface area contributed by atoms with E-state index in [2.05, 4.69) is 0 Å². The molecule has 110 valence electrons. The van der Waals surface area contributed by atoms with Gasteiger partial charge in [-0.05, 0) is 37.0 Å². The molecule has 1 aromatic carbocycles. The molecule has 20 heavy (non-hydrogen) atoms. The monoisotopic (exact) mass is 316 g/mol. The Morgan fingerprint density at radius 3 is 2.75 bits per heavy atom. The Balaban J connectivity index is 1.92. The van der Waals surface area contributed by atoms with Gasteiger partial charge in [0.2, 0.25) is 10.0 Å². The fourth-order valence-electron chi connectivity index (χ4n) is 3.26. The molecule has 0 bridgehead atoms. The zero-order valence-electron chi connectivity index (χ0n) is 10.9. The van der Waals surface area contributed by atoms with Crippen LogP contribution in [0.1, 0.15) is 12.8 Å². The smallest absolute Gasteiger partial charge is 0.245 e. The zero-order valence-corrected chi connectivity index (χ0v) is 12.4. The van der Waals surface area contributed by atoms with Crippen molar-refractivity contribution in [3.05, 3.63) is 23.2 Å². The first-order chi connectivity index (χ1) is 9.39. The molecule has 3 rings (SSSR count). The maximum absolute atomic E-state index is 12.7. The van der Waals surface area contributed by atoms with E-state index in [1.807, 2.05) is 0 Å². The molecule has 3 N–H and O–H groups in total. The normalized spacial score (nSPS) is 30.6. The van der Waals surface area contributed by atoms with Crippen LogP contribution in [0.2, 0.25) is 5.02 Å². The minimum absolute atomic E-state index is 0.0465. The predicted octanol–water partition coefficient (Wildman–Crippen LogP) is 1.31. The Labute approximate surface area is 123 Å². The van der Waals surface area contributed by atoms with E-state index in [0.29, 0.717) is 18.1 Å². The average molecular weight is 317 g/mol. The number of nitrogens with zero attached hydrogens (tertiary/aromatic N) is 1. The van der Waals surface area contributed by atoms with Crippen LogP contribution in [-0.4, -0.2) is 37.0 Å². The lowest BCUT2D eigenvalue weighted by Crippen LogP contribution is -2.31. The van der Waals surface area contributed by atoms with E-state index in [-0.39, 0.29) is 22.4 Å². The summed E-state index contributed by atoms with van der Waals surface area (Å²) in [6.45, 7) is 0.816. The van der Waals surface area contributed by atoms with Gasteiger partial charge in [0.15, 0.2) is 0 Å². The summed E-state index contributed by atoms with van der Waals surface area (Å²) in [5.41, 5.74) is 5.97. The Kier molecular flexibility index (Phi) is 3.44. The number of halogens is 1. The van der Waals surface area contributed by atoms with Crippen molar-refractivity contribution in [1.29, 1.82) is 0 Å².